The largest absolute Gasteiger partial charge is 0.298 e. The SMILES string of the molecule is CC1=N/C(=C\c2ccccc2C)C(=O)N1C. The Morgan fingerprint density at radius 2 is 1.94 bits per heavy atom. The number of hydrogen-bond acceptors (Lipinski definition) is 2. The molecule has 0 radical (unpaired) electrons. The van der Waals surface area contributed by atoms with E-state index in [4.69, 9.17) is 0 Å². The minimum atomic E-state index is -0.0410. The smallest absolute Gasteiger partial charge is 0.277 e. The standard InChI is InChI=1S/C13H14N2O/c1-9-6-4-5-7-11(9)8-12-13(16)15(3)10(2)14-12/h4-8H,1-3H3/b12-8-. The quantitative estimate of drug-likeness (QED) is 0.660. The topological polar surface area (TPSA) is 32.7 Å². The van der Waals surface area contributed by atoms with E-state index in [1.807, 2.05) is 44.2 Å². The van der Waals surface area contributed by atoms with Crippen molar-refractivity contribution in [2.75, 3.05) is 7.05 Å². The van der Waals surface area contributed by atoms with Gasteiger partial charge in [-0.3, -0.25) is 9.69 Å². The van der Waals surface area contributed by atoms with Gasteiger partial charge in [-0.2, -0.15) is 0 Å². The van der Waals surface area contributed by atoms with Gasteiger partial charge >= 0.3 is 0 Å². The van der Waals surface area contributed by atoms with Crippen LogP contribution in [0.1, 0.15) is 18.1 Å². The number of carbonyl (C=O) groups excluding carboxylic acids is 1. The van der Waals surface area contributed by atoms with Crippen LogP contribution in [0.5, 0.6) is 0 Å². The van der Waals surface area contributed by atoms with E-state index in [1.165, 1.54) is 0 Å². The fourth-order valence-electron chi connectivity index (χ4n) is 1.61. The van der Waals surface area contributed by atoms with E-state index in [-0.39, 0.29) is 5.91 Å². The zero-order chi connectivity index (χ0) is 11.7. The summed E-state index contributed by atoms with van der Waals surface area (Å²) < 4.78 is 0. The van der Waals surface area contributed by atoms with E-state index in [2.05, 4.69) is 4.99 Å². The van der Waals surface area contributed by atoms with Gasteiger partial charge in [0.15, 0.2) is 0 Å². The molecule has 2 rings (SSSR count). The van der Waals surface area contributed by atoms with Gasteiger partial charge in [-0.15, -0.1) is 0 Å². The maximum atomic E-state index is 11.8. The third-order valence-corrected chi connectivity index (χ3v) is 2.77. The van der Waals surface area contributed by atoms with E-state index in [0.717, 1.165) is 17.0 Å². The Labute approximate surface area is 95.1 Å². The van der Waals surface area contributed by atoms with E-state index in [0.29, 0.717) is 5.70 Å². The number of nitrogens with zero attached hydrogens (tertiary/aromatic N) is 2. The molecule has 0 unspecified atom stereocenters. The van der Waals surface area contributed by atoms with Gasteiger partial charge in [0.05, 0.1) is 0 Å². The lowest BCUT2D eigenvalue weighted by atomic mass is 10.1. The Morgan fingerprint density at radius 1 is 1.25 bits per heavy atom. The van der Waals surface area contributed by atoms with Crippen molar-refractivity contribution in [3.05, 3.63) is 41.1 Å². The molecule has 1 aliphatic rings. The first kappa shape index (κ1) is 10.6. The highest BCUT2D eigenvalue weighted by molar-refractivity contribution is 6.13. The van der Waals surface area contributed by atoms with Gasteiger partial charge in [0.1, 0.15) is 11.5 Å². The maximum absolute atomic E-state index is 11.8. The predicted molar refractivity (Wildman–Crippen MR) is 65.0 cm³/mol. The van der Waals surface area contributed by atoms with Crippen LogP contribution in [-0.2, 0) is 4.79 Å². The molecule has 1 aliphatic heterocycles. The van der Waals surface area contributed by atoms with Crippen LogP contribution in [0.3, 0.4) is 0 Å². The fraction of sp³-hybridized carbons (Fsp3) is 0.231. The first-order valence-corrected chi connectivity index (χ1v) is 5.20. The van der Waals surface area contributed by atoms with E-state index >= 15 is 0 Å². The van der Waals surface area contributed by atoms with Crippen LogP contribution >= 0.6 is 0 Å². The van der Waals surface area contributed by atoms with Gasteiger partial charge in [0.25, 0.3) is 5.91 Å². The van der Waals surface area contributed by atoms with Gasteiger partial charge in [-0.05, 0) is 31.1 Å². The van der Waals surface area contributed by atoms with E-state index in [9.17, 15) is 4.79 Å². The molecular formula is C13H14N2O. The summed E-state index contributed by atoms with van der Waals surface area (Å²) in [6.45, 7) is 3.85. The summed E-state index contributed by atoms with van der Waals surface area (Å²) in [5.74, 6) is 0.700. The second-order valence-electron chi connectivity index (χ2n) is 3.91. The molecule has 0 saturated carbocycles. The summed E-state index contributed by atoms with van der Waals surface area (Å²) in [7, 11) is 1.74. The molecule has 3 nitrogen and oxygen atoms in total. The highest BCUT2D eigenvalue weighted by Gasteiger charge is 2.23. The minimum Gasteiger partial charge on any atom is -0.298 e. The Balaban J connectivity index is 2.41. The number of carbonyl (C=O) groups is 1. The van der Waals surface area contributed by atoms with Crippen molar-refractivity contribution < 1.29 is 4.79 Å². The summed E-state index contributed by atoms with van der Waals surface area (Å²) in [5, 5.41) is 0. The molecule has 1 aromatic rings. The van der Waals surface area contributed by atoms with Gasteiger partial charge < -0.3 is 0 Å². The first-order valence-electron chi connectivity index (χ1n) is 5.20. The number of aryl methyl sites for hydroxylation is 1. The van der Waals surface area contributed by atoms with Crippen LogP contribution in [0.2, 0.25) is 0 Å². The van der Waals surface area contributed by atoms with Crippen LogP contribution in [0, 0.1) is 6.92 Å². The molecule has 0 N–H and O–H groups in total. The fourth-order valence-corrected chi connectivity index (χ4v) is 1.61. The van der Waals surface area contributed by atoms with Crippen molar-refractivity contribution in [1.82, 2.24) is 4.90 Å². The van der Waals surface area contributed by atoms with Gasteiger partial charge in [-0.25, -0.2) is 4.99 Å². The molecule has 0 fully saturated rings. The highest BCUT2D eigenvalue weighted by Crippen LogP contribution is 2.18. The monoisotopic (exact) mass is 214 g/mol. The lowest BCUT2D eigenvalue weighted by molar-refractivity contribution is -0.121. The summed E-state index contributed by atoms with van der Waals surface area (Å²) in [6, 6.07) is 7.94. The van der Waals surface area contributed by atoms with E-state index in [1.54, 1.807) is 11.9 Å². The minimum absolute atomic E-state index is 0.0410. The van der Waals surface area contributed by atoms with Gasteiger partial charge in [0, 0.05) is 7.05 Å². The highest BCUT2D eigenvalue weighted by atomic mass is 16.2. The summed E-state index contributed by atoms with van der Waals surface area (Å²) in [4.78, 5) is 17.6. The number of rotatable bonds is 1. The molecule has 1 amide bonds. The van der Waals surface area contributed by atoms with Gasteiger partial charge in [0.2, 0.25) is 0 Å². The molecule has 0 aromatic heterocycles. The molecule has 16 heavy (non-hydrogen) atoms. The van der Waals surface area contributed by atoms with Crippen LogP contribution in [0.4, 0.5) is 0 Å². The molecule has 0 bridgehead atoms. The molecule has 0 saturated heterocycles. The number of benzene rings is 1. The van der Waals surface area contributed by atoms with Crippen LogP contribution < -0.4 is 0 Å². The molecule has 82 valence electrons. The van der Waals surface area contributed by atoms with Crippen LogP contribution in [-0.4, -0.2) is 23.7 Å². The van der Waals surface area contributed by atoms with Crippen molar-refractivity contribution in [3.8, 4) is 0 Å². The normalized spacial score (nSPS) is 18.2. The molecule has 1 aromatic carbocycles. The molecule has 1 heterocycles. The zero-order valence-corrected chi connectivity index (χ0v) is 9.69. The lowest BCUT2D eigenvalue weighted by Crippen LogP contribution is -2.25. The lowest BCUT2D eigenvalue weighted by Gasteiger charge is -2.06. The van der Waals surface area contributed by atoms with Crippen molar-refractivity contribution >= 4 is 17.8 Å². The van der Waals surface area contributed by atoms with Crippen LogP contribution in [0.25, 0.3) is 6.08 Å². The average molecular weight is 214 g/mol. The average Bonchev–Trinajstić information content (AvgIpc) is 2.50. The molecule has 3 heteroatoms. The Hall–Kier alpha value is -1.90. The third kappa shape index (κ3) is 1.76. The molecular weight excluding hydrogens is 200 g/mol. The van der Waals surface area contributed by atoms with E-state index < -0.39 is 0 Å². The Bertz CT molecular complexity index is 500. The van der Waals surface area contributed by atoms with Crippen molar-refractivity contribution in [2.24, 2.45) is 4.99 Å². The number of hydrogen-bond donors (Lipinski definition) is 0. The second-order valence-corrected chi connectivity index (χ2v) is 3.91. The molecule has 0 spiro atoms. The number of likely N-dealkylation sites (N-methyl/N-ethyl adjacent to an activating group) is 1. The van der Waals surface area contributed by atoms with Crippen molar-refractivity contribution in [1.29, 1.82) is 0 Å². The van der Waals surface area contributed by atoms with Crippen molar-refractivity contribution in [2.45, 2.75) is 13.8 Å². The Morgan fingerprint density at radius 3 is 2.50 bits per heavy atom. The number of amides is 1. The number of amidine groups is 1. The third-order valence-electron chi connectivity index (χ3n) is 2.77. The zero-order valence-electron chi connectivity index (χ0n) is 9.69. The van der Waals surface area contributed by atoms with Crippen molar-refractivity contribution in [3.63, 3.8) is 0 Å². The maximum Gasteiger partial charge on any atom is 0.277 e. The Kier molecular flexibility index (Phi) is 2.60. The molecule has 0 atom stereocenters. The van der Waals surface area contributed by atoms with Gasteiger partial charge in [-0.1, -0.05) is 24.3 Å². The first-order chi connectivity index (χ1) is 7.59. The van der Waals surface area contributed by atoms with Crippen LogP contribution in [0.15, 0.2) is 35.0 Å². The second kappa shape index (κ2) is 3.93. The summed E-state index contributed by atoms with van der Waals surface area (Å²) >= 11 is 0. The number of aliphatic imine (C=N–C) groups is 1. The predicted octanol–water partition coefficient (Wildman–Crippen LogP) is 2.23. The summed E-state index contributed by atoms with van der Waals surface area (Å²) in [6.07, 6.45) is 1.84. The summed E-state index contributed by atoms with van der Waals surface area (Å²) in [5.41, 5.74) is 2.69. The molecule has 0 aliphatic carbocycles.